The highest BCUT2D eigenvalue weighted by molar-refractivity contribution is 7.12. The number of nitrogens with zero attached hydrogens (tertiary/aromatic N) is 2. The van der Waals surface area contributed by atoms with Crippen LogP contribution in [0.3, 0.4) is 0 Å². The van der Waals surface area contributed by atoms with Crippen LogP contribution in [-0.2, 0) is 5.41 Å². The molecule has 0 bridgehead atoms. The van der Waals surface area contributed by atoms with Gasteiger partial charge in [0.05, 0.1) is 5.71 Å². The number of carbonyl (C=O) groups excluding carboxylic acids is 1. The Morgan fingerprint density at radius 2 is 2.20 bits per heavy atom. The fourth-order valence-electron chi connectivity index (χ4n) is 1.55. The predicted molar refractivity (Wildman–Crippen MR) is 81.3 cm³/mol. The van der Waals surface area contributed by atoms with E-state index in [-0.39, 0.29) is 11.3 Å². The molecule has 0 aromatic carbocycles. The molecule has 2 aromatic heterocycles. The van der Waals surface area contributed by atoms with Gasteiger partial charge in [-0.25, -0.2) is 5.43 Å². The van der Waals surface area contributed by atoms with E-state index in [0.29, 0.717) is 5.69 Å². The Bertz CT molecular complexity index is 620. The van der Waals surface area contributed by atoms with Gasteiger partial charge >= 0.3 is 0 Å². The molecule has 106 valence electrons. The minimum absolute atomic E-state index is 0.0678. The van der Waals surface area contributed by atoms with Crippen LogP contribution in [0.15, 0.2) is 28.7 Å². The number of amides is 1. The van der Waals surface area contributed by atoms with Gasteiger partial charge in [0.25, 0.3) is 5.91 Å². The van der Waals surface area contributed by atoms with Gasteiger partial charge in [-0.15, -0.1) is 11.3 Å². The molecule has 1 amide bonds. The third-order valence-electron chi connectivity index (χ3n) is 2.82. The first-order chi connectivity index (χ1) is 9.38. The van der Waals surface area contributed by atoms with Crippen molar-refractivity contribution in [2.24, 2.45) is 5.10 Å². The van der Waals surface area contributed by atoms with Crippen molar-refractivity contribution in [1.29, 1.82) is 0 Å². The first-order valence-electron chi connectivity index (χ1n) is 6.32. The second-order valence-corrected chi connectivity index (χ2v) is 6.48. The fourth-order valence-corrected chi connectivity index (χ4v) is 2.23. The maximum atomic E-state index is 12.0. The van der Waals surface area contributed by atoms with Crippen molar-refractivity contribution in [3.05, 3.63) is 39.8 Å². The number of hydrazone groups is 1. The monoisotopic (exact) mass is 290 g/mol. The van der Waals surface area contributed by atoms with Crippen LogP contribution < -0.4 is 5.43 Å². The Kier molecular flexibility index (Phi) is 4.04. The molecule has 5 nitrogen and oxygen atoms in total. The summed E-state index contributed by atoms with van der Waals surface area (Å²) in [4.78, 5) is 13.0. The molecular weight excluding hydrogens is 272 g/mol. The molecule has 2 aromatic rings. The lowest BCUT2D eigenvalue weighted by Gasteiger charge is -2.14. The van der Waals surface area contributed by atoms with Crippen LogP contribution in [-0.4, -0.2) is 21.8 Å². The SMILES string of the molecule is C/C(=N/NC(=O)c1cc(C(C)(C)C)[nH]n1)c1cccs1. The second kappa shape index (κ2) is 5.58. The number of thiophene rings is 1. The Hall–Kier alpha value is -1.95. The van der Waals surface area contributed by atoms with Crippen LogP contribution in [0.4, 0.5) is 0 Å². The molecule has 0 unspecified atom stereocenters. The van der Waals surface area contributed by atoms with E-state index >= 15 is 0 Å². The van der Waals surface area contributed by atoms with Crippen molar-refractivity contribution in [2.75, 3.05) is 0 Å². The van der Waals surface area contributed by atoms with Gasteiger partial charge in [-0.3, -0.25) is 9.89 Å². The van der Waals surface area contributed by atoms with Crippen LogP contribution in [0.1, 0.15) is 48.8 Å². The van der Waals surface area contributed by atoms with Gasteiger partial charge < -0.3 is 0 Å². The van der Waals surface area contributed by atoms with Crippen molar-refractivity contribution in [2.45, 2.75) is 33.1 Å². The molecule has 0 aliphatic rings. The largest absolute Gasteiger partial charge is 0.291 e. The maximum Gasteiger partial charge on any atom is 0.291 e. The first-order valence-corrected chi connectivity index (χ1v) is 7.20. The van der Waals surface area contributed by atoms with E-state index in [2.05, 4.69) is 41.5 Å². The van der Waals surface area contributed by atoms with Gasteiger partial charge in [0.1, 0.15) is 0 Å². The average molecular weight is 290 g/mol. The minimum Gasteiger partial charge on any atom is -0.281 e. The van der Waals surface area contributed by atoms with Gasteiger partial charge in [-0.2, -0.15) is 10.2 Å². The number of hydrogen-bond acceptors (Lipinski definition) is 4. The number of aromatic nitrogens is 2. The zero-order valence-electron chi connectivity index (χ0n) is 12.0. The van der Waals surface area contributed by atoms with Gasteiger partial charge in [0.2, 0.25) is 0 Å². The van der Waals surface area contributed by atoms with Crippen molar-refractivity contribution in [3.63, 3.8) is 0 Å². The molecule has 0 atom stereocenters. The fraction of sp³-hybridized carbons (Fsp3) is 0.357. The van der Waals surface area contributed by atoms with Gasteiger partial charge in [-0.1, -0.05) is 26.8 Å². The highest BCUT2D eigenvalue weighted by Gasteiger charge is 2.19. The first kappa shape index (κ1) is 14.5. The molecule has 20 heavy (non-hydrogen) atoms. The molecular formula is C14H18N4OS. The topological polar surface area (TPSA) is 70.1 Å². The zero-order chi connectivity index (χ0) is 14.8. The van der Waals surface area contributed by atoms with E-state index in [1.807, 2.05) is 24.4 Å². The number of H-pyrrole nitrogens is 1. The highest BCUT2D eigenvalue weighted by Crippen LogP contribution is 2.20. The third-order valence-corrected chi connectivity index (χ3v) is 3.80. The van der Waals surface area contributed by atoms with E-state index < -0.39 is 0 Å². The molecule has 0 spiro atoms. The normalized spacial score (nSPS) is 12.5. The van der Waals surface area contributed by atoms with Gasteiger partial charge in [-0.05, 0) is 24.4 Å². The molecule has 2 rings (SSSR count). The summed E-state index contributed by atoms with van der Waals surface area (Å²) in [5.74, 6) is -0.312. The van der Waals surface area contributed by atoms with Gasteiger partial charge in [0.15, 0.2) is 5.69 Å². The van der Waals surface area contributed by atoms with E-state index in [0.717, 1.165) is 16.3 Å². The number of rotatable bonds is 3. The Morgan fingerprint density at radius 3 is 2.75 bits per heavy atom. The molecule has 0 fully saturated rings. The summed E-state index contributed by atoms with van der Waals surface area (Å²) in [7, 11) is 0. The number of carbonyl (C=O) groups is 1. The van der Waals surface area contributed by atoms with E-state index in [1.54, 1.807) is 17.4 Å². The summed E-state index contributed by atoms with van der Waals surface area (Å²) in [5.41, 5.74) is 4.50. The third kappa shape index (κ3) is 3.33. The number of aromatic amines is 1. The lowest BCUT2D eigenvalue weighted by atomic mass is 9.92. The van der Waals surface area contributed by atoms with Crippen LogP contribution in [0.2, 0.25) is 0 Å². The van der Waals surface area contributed by atoms with Crippen molar-refractivity contribution in [3.8, 4) is 0 Å². The minimum atomic E-state index is -0.312. The summed E-state index contributed by atoms with van der Waals surface area (Å²) in [6, 6.07) is 5.66. The number of nitrogens with one attached hydrogen (secondary N) is 2. The van der Waals surface area contributed by atoms with Crippen LogP contribution in [0.25, 0.3) is 0 Å². The Labute approximate surface area is 122 Å². The molecule has 0 aliphatic heterocycles. The Balaban J connectivity index is 2.06. The van der Waals surface area contributed by atoms with Crippen LogP contribution in [0.5, 0.6) is 0 Å². The summed E-state index contributed by atoms with van der Waals surface area (Å²) in [6.45, 7) is 8.03. The second-order valence-electron chi connectivity index (χ2n) is 5.53. The average Bonchev–Trinajstić information content (AvgIpc) is 3.04. The highest BCUT2D eigenvalue weighted by atomic mass is 32.1. The number of hydrogen-bond donors (Lipinski definition) is 2. The van der Waals surface area contributed by atoms with Crippen molar-refractivity contribution >= 4 is 23.0 Å². The lowest BCUT2D eigenvalue weighted by molar-refractivity contribution is 0.0950. The molecule has 0 aliphatic carbocycles. The molecule has 2 N–H and O–H groups in total. The van der Waals surface area contributed by atoms with Crippen LogP contribution in [0, 0.1) is 0 Å². The molecule has 2 heterocycles. The molecule has 0 radical (unpaired) electrons. The van der Waals surface area contributed by atoms with Gasteiger partial charge in [0, 0.05) is 16.0 Å². The molecule has 0 saturated carbocycles. The zero-order valence-corrected chi connectivity index (χ0v) is 12.8. The Morgan fingerprint density at radius 1 is 1.45 bits per heavy atom. The lowest BCUT2D eigenvalue weighted by Crippen LogP contribution is -2.19. The van der Waals surface area contributed by atoms with E-state index in [4.69, 9.17) is 0 Å². The van der Waals surface area contributed by atoms with Crippen molar-refractivity contribution < 1.29 is 4.79 Å². The maximum absolute atomic E-state index is 12.0. The standard InChI is InChI=1S/C14H18N4OS/c1-9(11-6-5-7-20-11)15-18-13(19)10-8-12(17-16-10)14(2,3)4/h5-8H,1-4H3,(H,16,17)(H,18,19)/b15-9-. The summed E-state index contributed by atoms with van der Waals surface area (Å²) < 4.78 is 0. The quantitative estimate of drug-likeness (QED) is 0.674. The summed E-state index contributed by atoms with van der Waals surface area (Å²) in [6.07, 6.45) is 0. The van der Waals surface area contributed by atoms with Crippen molar-refractivity contribution in [1.82, 2.24) is 15.6 Å². The van der Waals surface area contributed by atoms with Crippen LogP contribution >= 0.6 is 11.3 Å². The van der Waals surface area contributed by atoms with E-state index in [9.17, 15) is 4.79 Å². The smallest absolute Gasteiger partial charge is 0.281 e. The predicted octanol–water partition coefficient (Wildman–Crippen LogP) is 2.92. The summed E-state index contributed by atoms with van der Waals surface area (Å²) >= 11 is 1.58. The summed E-state index contributed by atoms with van der Waals surface area (Å²) in [5, 5.41) is 13.0. The molecule has 6 heteroatoms. The molecule has 0 saturated heterocycles. The van der Waals surface area contributed by atoms with E-state index in [1.165, 1.54) is 0 Å².